The molecule has 4 nitrogen and oxygen atoms in total. The Bertz CT molecular complexity index is 726. The van der Waals surface area contributed by atoms with Crippen LogP contribution in [0, 0.1) is 13.8 Å². The Morgan fingerprint density at radius 2 is 1.78 bits per heavy atom. The number of aryl methyl sites for hydroxylation is 2. The van der Waals surface area contributed by atoms with Crippen molar-refractivity contribution in [3.8, 4) is 5.75 Å². The largest absolute Gasteiger partial charge is 0.494 e. The van der Waals surface area contributed by atoms with Gasteiger partial charge in [0.25, 0.3) is 0 Å². The molecule has 0 aliphatic rings. The van der Waals surface area contributed by atoms with Crippen LogP contribution in [-0.2, 0) is 6.42 Å². The summed E-state index contributed by atoms with van der Waals surface area (Å²) in [6.45, 7) is 10.3. The van der Waals surface area contributed by atoms with E-state index in [9.17, 15) is 4.79 Å². The van der Waals surface area contributed by atoms with Gasteiger partial charge in [0.05, 0.1) is 6.61 Å². The quantitative estimate of drug-likeness (QED) is 0.628. The Balaban J connectivity index is 1.99. The van der Waals surface area contributed by atoms with Gasteiger partial charge in [-0.2, -0.15) is 0 Å². The number of unbranched alkanes of at least 4 members (excludes halogenated alkanes) is 1. The first-order valence-electron chi connectivity index (χ1n) is 9.88. The lowest BCUT2D eigenvalue weighted by Gasteiger charge is -2.24. The van der Waals surface area contributed by atoms with Gasteiger partial charge in [-0.25, -0.2) is 4.79 Å². The number of urea groups is 1. The van der Waals surface area contributed by atoms with Crippen molar-refractivity contribution in [2.45, 2.75) is 47.0 Å². The first kappa shape index (κ1) is 20.8. The molecule has 0 aromatic heterocycles. The number of ether oxygens (including phenoxy) is 1. The maximum Gasteiger partial charge on any atom is 0.321 e. The van der Waals surface area contributed by atoms with Crippen molar-refractivity contribution in [1.82, 2.24) is 4.90 Å². The molecular weight excluding hydrogens is 336 g/mol. The minimum Gasteiger partial charge on any atom is -0.494 e. The van der Waals surface area contributed by atoms with Gasteiger partial charge >= 0.3 is 6.03 Å². The minimum absolute atomic E-state index is 0.0265. The Hall–Kier alpha value is -2.49. The highest BCUT2D eigenvalue weighted by atomic mass is 16.5. The zero-order valence-electron chi connectivity index (χ0n) is 17.0. The highest BCUT2D eigenvalue weighted by Crippen LogP contribution is 2.17. The van der Waals surface area contributed by atoms with Crippen LogP contribution in [0.3, 0.4) is 0 Å². The molecule has 2 rings (SSSR count). The Labute approximate surface area is 163 Å². The summed E-state index contributed by atoms with van der Waals surface area (Å²) in [6.07, 6.45) is 2.90. The van der Waals surface area contributed by atoms with E-state index in [0.717, 1.165) is 42.8 Å². The molecule has 0 saturated heterocycles. The van der Waals surface area contributed by atoms with Crippen LogP contribution in [-0.4, -0.2) is 30.6 Å². The van der Waals surface area contributed by atoms with Crippen LogP contribution in [0.15, 0.2) is 42.5 Å². The molecule has 27 heavy (non-hydrogen) atoms. The number of nitrogens with zero attached hydrogens (tertiary/aromatic N) is 1. The number of benzene rings is 2. The Morgan fingerprint density at radius 1 is 1.04 bits per heavy atom. The molecule has 0 aliphatic carbocycles. The van der Waals surface area contributed by atoms with Gasteiger partial charge in [-0.15, -0.1) is 0 Å². The van der Waals surface area contributed by atoms with Crippen LogP contribution in [0.4, 0.5) is 10.5 Å². The lowest BCUT2D eigenvalue weighted by molar-refractivity contribution is 0.211. The number of amides is 2. The molecule has 2 aromatic carbocycles. The fourth-order valence-electron chi connectivity index (χ4n) is 3.00. The summed E-state index contributed by atoms with van der Waals surface area (Å²) in [7, 11) is 0. The number of hydrogen-bond acceptors (Lipinski definition) is 2. The van der Waals surface area contributed by atoms with Crippen molar-refractivity contribution < 1.29 is 9.53 Å². The van der Waals surface area contributed by atoms with E-state index in [0.29, 0.717) is 13.2 Å². The molecule has 0 saturated carbocycles. The van der Waals surface area contributed by atoms with E-state index in [4.69, 9.17) is 4.74 Å². The van der Waals surface area contributed by atoms with Crippen LogP contribution >= 0.6 is 0 Å². The van der Waals surface area contributed by atoms with Crippen molar-refractivity contribution in [2.24, 2.45) is 0 Å². The number of carbonyl (C=O) groups excluding carboxylic acids is 1. The molecule has 0 spiro atoms. The monoisotopic (exact) mass is 368 g/mol. The van der Waals surface area contributed by atoms with Crippen LogP contribution < -0.4 is 10.1 Å². The van der Waals surface area contributed by atoms with Gasteiger partial charge in [-0.1, -0.05) is 43.2 Å². The molecule has 0 atom stereocenters. The maximum absolute atomic E-state index is 12.8. The van der Waals surface area contributed by atoms with Gasteiger partial charge in [-0.3, -0.25) is 0 Å². The second kappa shape index (κ2) is 10.6. The van der Waals surface area contributed by atoms with E-state index in [1.807, 2.05) is 43.0 Å². The van der Waals surface area contributed by atoms with Crippen molar-refractivity contribution in [3.63, 3.8) is 0 Å². The van der Waals surface area contributed by atoms with E-state index >= 15 is 0 Å². The third-order valence-corrected chi connectivity index (χ3v) is 4.60. The van der Waals surface area contributed by atoms with E-state index in [2.05, 4.69) is 37.4 Å². The molecule has 0 heterocycles. The van der Waals surface area contributed by atoms with Gasteiger partial charge < -0.3 is 15.0 Å². The van der Waals surface area contributed by atoms with Crippen molar-refractivity contribution in [1.29, 1.82) is 0 Å². The molecule has 0 bridgehead atoms. The van der Waals surface area contributed by atoms with Crippen molar-refractivity contribution in [3.05, 3.63) is 59.2 Å². The number of rotatable bonds is 9. The number of nitrogens with one attached hydrogen (secondary N) is 1. The summed E-state index contributed by atoms with van der Waals surface area (Å²) in [6, 6.07) is 14.2. The molecule has 0 aliphatic heterocycles. The summed E-state index contributed by atoms with van der Waals surface area (Å²) < 4.78 is 5.49. The van der Waals surface area contributed by atoms with Crippen LogP contribution in [0.25, 0.3) is 0 Å². The lowest BCUT2D eigenvalue weighted by atomic mass is 10.1. The third kappa shape index (κ3) is 6.63. The SMILES string of the molecule is CCCCN(CCc1ccc(OCC)cc1)C(=O)Nc1ccc(C)cc1C. The Morgan fingerprint density at radius 3 is 2.41 bits per heavy atom. The molecule has 2 aromatic rings. The fourth-order valence-corrected chi connectivity index (χ4v) is 3.00. The molecule has 2 amide bonds. The highest BCUT2D eigenvalue weighted by molar-refractivity contribution is 5.90. The molecule has 146 valence electrons. The van der Waals surface area contributed by atoms with Gasteiger partial charge in [0, 0.05) is 18.8 Å². The molecular formula is C23H32N2O2. The zero-order valence-corrected chi connectivity index (χ0v) is 17.0. The summed E-state index contributed by atoms with van der Waals surface area (Å²) in [5.74, 6) is 0.886. The van der Waals surface area contributed by atoms with Gasteiger partial charge in [0.1, 0.15) is 5.75 Å². The van der Waals surface area contributed by atoms with Gasteiger partial charge in [-0.05, 0) is 62.9 Å². The second-order valence-corrected chi connectivity index (χ2v) is 6.92. The van der Waals surface area contributed by atoms with Gasteiger partial charge in [0.15, 0.2) is 0 Å². The molecule has 0 fully saturated rings. The standard InChI is InChI=1S/C23H32N2O2/c1-5-7-15-25(16-14-20-9-11-21(12-10-20)27-6-2)23(26)24-22-13-8-18(3)17-19(22)4/h8-13,17H,5-7,14-16H2,1-4H3,(H,24,26). The first-order valence-corrected chi connectivity index (χ1v) is 9.88. The summed E-state index contributed by atoms with van der Waals surface area (Å²) in [5.41, 5.74) is 4.38. The maximum atomic E-state index is 12.8. The average molecular weight is 369 g/mol. The van der Waals surface area contributed by atoms with Gasteiger partial charge in [0.2, 0.25) is 0 Å². The molecule has 1 N–H and O–H groups in total. The topological polar surface area (TPSA) is 41.6 Å². The highest BCUT2D eigenvalue weighted by Gasteiger charge is 2.14. The number of carbonyl (C=O) groups is 1. The predicted molar refractivity (Wildman–Crippen MR) is 113 cm³/mol. The summed E-state index contributed by atoms with van der Waals surface area (Å²) >= 11 is 0. The van der Waals surface area contributed by atoms with E-state index < -0.39 is 0 Å². The minimum atomic E-state index is -0.0265. The smallest absolute Gasteiger partial charge is 0.321 e. The first-order chi connectivity index (χ1) is 13.0. The second-order valence-electron chi connectivity index (χ2n) is 6.92. The van der Waals surface area contributed by atoms with E-state index in [1.54, 1.807) is 0 Å². The van der Waals surface area contributed by atoms with Crippen molar-refractivity contribution >= 4 is 11.7 Å². The normalized spacial score (nSPS) is 10.5. The van der Waals surface area contributed by atoms with Crippen LogP contribution in [0.5, 0.6) is 5.75 Å². The summed E-state index contributed by atoms with van der Waals surface area (Å²) in [5, 5.41) is 3.08. The zero-order chi connectivity index (χ0) is 19.6. The van der Waals surface area contributed by atoms with E-state index in [-0.39, 0.29) is 6.03 Å². The molecule has 4 heteroatoms. The lowest BCUT2D eigenvalue weighted by Crippen LogP contribution is -2.37. The van der Waals surface area contributed by atoms with Crippen LogP contribution in [0.1, 0.15) is 43.4 Å². The number of anilines is 1. The van der Waals surface area contributed by atoms with E-state index in [1.165, 1.54) is 11.1 Å². The molecule has 0 unspecified atom stereocenters. The van der Waals surface area contributed by atoms with Crippen LogP contribution in [0.2, 0.25) is 0 Å². The summed E-state index contributed by atoms with van der Waals surface area (Å²) in [4.78, 5) is 14.7. The average Bonchev–Trinajstić information content (AvgIpc) is 2.65. The van der Waals surface area contributed by atoms with Crippen molar-refractivity contribution in [2.75, 3.05) is 25.0 Å². The Kier molecular flexibility index (Phi) is 8.18. The fraction of sp³-hybridized carbons (Fsp3) is 0.435. The molecule has 0 radical (unpaired) electrons. The predicted octanol–water partition coefficient (Wildman–Crippen LogP) is 5.58. The number of hydrogen-bond donors (Lipinski definition) is 1. The third-order valence-electron chi connectivity index (χ3n) is 4.60.